The number of nitrogens with zero attached hydrogens (tertiary/aromatic N) is 3. The first-order valence-corrected chi connectivity index (χ1v) is 8.30. The Morgan fingerprint density at radius 1 is 1.12 bits per heavy atom. The molecule has 1 saturated carbocycles. The van der Waals surface area contributed by atoms with Gasteiger partial charge in [0, 0.05) is 17.5 Å². The van der Waals surface area contributed by atoms with Crippen molar-refractivity contribution in [1.29, 1.82) is 0 Å². The summed E-state index contributed by atoms with van der Waals surface area (Å²) in [5.74, 6) is -1.35. The van der Waals surface area contributed by atoms with Gasteiger partial charge in [-0.05, 0) is 24.1 Å². The fourth-order valence-electron chi connectivity index (χ4n) is 2.99. The summed E-state index contributed by atoms with van der Waals surface area (Å²) in [6, 6.07) is 13.7. The Hall–Kier alpha value is -3.09. The van der Waals surface area contributed by atoms with Crippen LogP contribution in [0.2, 0.25) is 0 Å². The molecule has 1 aliphatic rings. The minimum Gasteiger partial charge on any atom is -0.347 e. The Balaban J connectivity index is 1.40. The predicted octanol–water partition coefficient (Wildman–Crippen LogP) is 2.89. The maximum Gasteiger partial charge on any atom is 0.273 e. The zero-order chi connectivity index (χ0) is 18.1. The highest BCUT2D eigenvalue weighted by molar-refractivity contribution is 5.92. The van der Waals surface area contributed by atoms with Crippen LogP contribution in [0, 0.1) is 11.6 Å². The van der Waals surface area contributed by atoms with Crippen LogP contribution in [0.5, 0.6) is 0 Å². The van der Waals surface area contributed by atoms with Crippen LogP contribution in [0.1, 0.15) is 34.0 Å². The molecule has 0 spiro atoms. The average Bonchev–Trinajstić information content (AvgIpc) is 3.24. The van der Waals surface area contributed by atoms with Crippen molar-refractivity contribution in [2.45, 2.75) is 24.9 Å². The van der Waals surface area contributed by atoms with Crippen molar-refractivity contribution < 1.29 is 13.6 Å². The number of hydrogen-bond acceptors (Lipinski definition) is 3. The quantitative estimate of drug-likeness (QED) is 0.766. The van der Waals surface area contributed by atoms with E-state index in [1.165, 1.54) is 34.6 Å². The maximum absolute atomic E-state index is 13.7. The summed E-state index contributed by atoms with van der Waals surface area (Å²) in [6.45, 7) is -0.130. The highest BCUT2D eigenvalue weighted by atomic mass is 19.1. The van der Waals surface area contributed by atoms with E-state index >= 15 is 0 Å². The van der Waals surface area contributed by atoms with Gasteiger partial charge < -0.3 is 5.32 Å². The van der Waals surface area contributed by atoms with Gasteiger partial charge in [0.1, 0.15) is 11.6 Å². The maximum atomic E-state index is 13.7. The number of rotatable bonds is 5. The van der Waals surface area contributed by atoms with E-state index in [4.69, 9.17) is 0 Å². The number of aromatic nitrogens is 3. The second-order valence-corrected chi connectivity index (χ2v) is 6.33. The lowest BCUT2D eigenvalue weighted by molar-refractivity contribution is 0.0945. The SMILES string of the molecule is O=C(N[C@@H]1C[C@H]1c1ccccc1)c1cn(Cc2c(F)cccc2F)nn1. The largest absolute Gasteiger partial charge is 0.347 e. The third-order valence-corrected chi connectivity index (χ3v) is 4.49. The normalized spacial score (nSPS) is 18.5. The van der Waals surface area contributed by atoms with Crippen LogP contribution >= 0.6 is 0 Å². The summed E-state index contributed by atoms with van der Waals surface area (Å²) in [6.07, 6.45) is 2.27. The zero-order valence-corrected chi connectivity index (χ0v) is 13.8. The predicted molar refractivity (Wildman–Crippen MR) is 90.5 cm³/mol. The summed E-state index contributed by atoms with van der Waals surface area (Å²) < 4.78 is 28.7. The summed E-state index contributed by atoms with van der Waals surface area (Å²) >= 11 is 0. The topological polar surface area (TPSA) is 59.8 Å². The van der Waals surface area contributed by atoms with Gasteiger partial charge in [0.25, 0.3) is 5.91 Å². The molecular weight excluding hydrogens is 338 g/mol. The van der Waals surface area contributed by atoms with Crippen LogP contribution in [0.4, 0.5) is 8.78 Å². The van der Waals surface area contributed by atoms with Crippen molar-refractivity contribution in [1.82, 2.24) is 20.3 Å². The third kappa shape index (κ3) is 3.33. The fourth-order valence-corrected chi connectivity index (χ4v) is 2.99. The summed E-state index contributed by atoms with van der Waals surface area (Å²) in [7, 11) is 0. The molecule has 1 heterocycles. The lowest BCUT2D eigenvalue weighted by Gasteiger charge is -2.04. The van der Waals surface area contributed by atoms with Crippen molar-refractivity contribution >= 4 is 5.91 Å². The van der Waals surface area contributed by atoms with Gasteiger partial charge >= 0.3 is 0 Å². The van der Waals surface area contributed by atoms with Crippen LogP contribution in [0.25, 0.3) is 0 Å². The molecule has 132 valence electrons. The minimum absolute atomic E-state index is 0.0686. The number of hydrogen-bond donors (Lipinski definition) is 1. The van der Waals surface area contributed by atoms with Gasteiger partial charge in [-0.1, -0.05) is 41.6 Å². The van der Waals surface area contributed by atoms with E-state index in [1.807, 2.05) is 30.3 Å². The number of amides is 1. The lowest BCUT2D eigenvalue weighted by atomic mass is 10.1. The zero-order valence-electron chi connectivity index (χ0n) is 13.8. The van der Waals surface area contributed by atoms with E-state index < -0.39 is 11.6 Å². The number of carbonyl (C=O) groups is 1. The minimum atomic E-state index is -0.657. The van der Waals surface area contributed by atoms with Gasteiger partial charge in [-0.15, -0.1) is 5.10 Å². The molecular formula is C19H16F2N4O. The van der Waals surface area contributed by atoms with Crippen LogP contribution < -0.4 is 5.32 Å². The Morgan fingerprint density at radius 2 is 1.85 bits per heavy atom. The molecule has 0 radical (unpaired) electrons. The Labute approximate surface area is 148 Å². The molecule has 2 aromatic carbocycles. The molecule has 1 fully saturated rings. The molecule has 0 aliphatic heterocycles. The Bertz CT molecular complexity index is 921. The summed E-state index contributed by atoms with van der Waals surface area (Å²) in [5.41, 5.74) is 1.20. The first-order valence-electron chi connectivity index (χ1n) is 8.30. The molecule has 3 aromatic rings. The van der Waals surface area contributed by atoms with Crippen molar-refractivity contribution in [3.63, 3.8) is 0 Å². The van der Waals surface area contributed by atoms with Crippen molar-refractivity contribution in [3.8, 4) is 0 Å². The van der Waals surface area contributed by atoms with E-state index in [0.29, 0.717) is 5.92 Å². The third-order valence-electron chi connectivity index (χ3n) is 4.49. The van der Waals surface area contributed by atoms with E-state index in [-0.39, 0.29) is 29.8 Å². The molecule has 7 heteroatoms. The Morgan fingerprint density at radius 3 is 2.58 bits per heavy atom. The number of nitrogens with one attached hydrogen (secondary N) is 1. The average molecular weight is 354 g/mol. The molecule has 1 amide bonds. The van der Waals surface area contributed by atoms with Crippen LogP contribution in [-0.4, -0.2) is 26.9 Å². The highest BCUT2D eigenvalue weighted by Gasteiger charge is 2.39. The molecule has 1 N–H and O–H groups in total. The molecule has 5 nitrogen and oxygen atoms in total. The van der Waals surface area contributed by atoms with Crippen molar-refractivity contribution in [2.24, 2.45) is 0 Å². The van der Waals surface area contributed by atoms with Gasteiger partial charge in [0.2, 0.25) is 0 Å². The first kappa shape index (κ1) is 16.4. The van der Waals surface area contributed by atoms with E-state index in [1.54, 1.807) is 0 Å². The number of benzene rings is 2. The van der Waals surface area contributed by atoms with Gasteiger partial charge in [-0.2, -0.15) is 0 Å². The molecule has 26 heavy (non-hydrogen) atoms. The number of carbonyl (C=O) groups excluding carboxylic acids is 1. The van der Waals surface area contributed by atoms with Gasteiger partial charge in [0.15, 0.2) is 5.69 Å². The smallest absolute Gasteiger partial charge is 0.273 e. The van der Waals surface area contributed by atoms with Gasteiger partial charge in [-0.25, -0.2) is 13.5 Å². The molecule has 4 rings (SSSR count). The van der Waals surface area contributed by atoms with E-state index in [2.05, 4.69) is 15.6 Å². The van der Waals surface area contributed by atoms with Crippen molar-refractivity contribution in [3.05, 3.63) is 83.2 Å². The fraction of sp³-hybridized carbons (Fsp3) is 0.211. The second kappa shape index (κ2) is 6.67. The van der Waals surface area contributed by atoms with E-state index in [0.717, 1.165) is 6.42 Å². The van der Waals surface area contributed by atoms with E-state index in [9.17, 15) is 13.6 Å². The monoisotopic (exact) mass is 354 g/mol. The first-order chi connectivity index (χ1) is 12.6. The molecule has 2 atom stereocenters. The van der Waals surface area contributed by atoms with Gasteiger partial charge in [-0.3, -0.25) is 4.79 Å². The number of halogens is 2. The molecule has 1 aromatic heterocycles. The summed E-state index contributed by atoms with van der Waals surface area (Å²) in [4.78, 5) is 12.3. The van der Waals surface area contributed by atoms with Gasteiger partial charge in [0.05, 0.1) is 12.7 Å². The molecule has 1 aliphatic carbocycles. The molecule has 0 bridgehead atoms. The van der Waals surface area contributed by atoms with Crippen molar-refractivity contribution in [2.75, 3.05) is 0 Å². The van der Waals surface area contributed by atoms with Crippen LogP contribution in [-0.2, 0) is 6.54 Å². The summed E-state index contributed by atoms with van der Waals surface area (Å²) in [5, 5.41) is 10.5. The standard InChI is InChI=1S/C19H16F2N4O/c20-15-7-4-8-16(21)14(15)10-25-11-18(23-24-25)19(26)22-17-9-13(17)12-5-2-1-3-6-12/h1-8,11,13,17H,9-10H2,(H,22,26)/t13-,17+/m0/s1. The highest BCUT2D eigenvalue weighted by Crippen LogP contribution is 2.40. The van der Waals surface area contributed by atoms with Crippen LogP contribution in [0.15, 0.2) is 54.7 Å². The molecule has 0 saturated heterocycles. The molecule has 0 unspecified atom stereocenters. The second-order valence-electron chi connectivity index (χ2n) is 6.33. The Kier molecular flexibility index (Phi) is 4.20. The lowest BCUT2D eigenvalue weighted by Crippen LogP contribution is -2.26. The van der Waals surface area contributed by atoms with Crippen LogP contribution in [0.3, 0.4) is 0 Å².